The van der Waals surface area contributed by atoms with E-state index >= 15 is 0 Å². The second kappa shape index (κ2) is 5.18. The van der Waals surface area contributed by atoms with Crippen LogP contribution in [-0.2, 0) is 4.79 Å². The van der Waals surface area contributed by atoms with Gasteiger partial charge in [-0.3, -0.25) is 4.79 Å². The van der Waals surface area contributed by atoms with Gasteiger partial charge in [0.25, 0.3) is 0 Å². The van der Waals surface area contributed by atoms with Gasteiger partial charge in [0.15, 0.2) is 0 Å². The molecule has 2 amide bonds. The third-order valence-electron chi connectivity index (χ3n) is 3.31. The van der Waals surface area contributed by atoms with Crippen LogP contribution in [0.25, 0.3) is 0 Å². The molecule has 0 aromatic carbocycles. The van der Waals surface area contributed by atoms with E-state index in [0.717, 1.165) is 0 Å². The van der Waals surface area contributed by atoms with Crippen LogP contribution >= 0.6 is 0 Å². The lowest BCUT2D eigenvalue weighted by atomic mass is 9.87. The molecule has 1 N–H and O–H groups in total. The minimum Gasteiger partial charge on any atom is -0.481 e. The Kier molecular flexibility index (Phi) is 4.15. The number of amides is 2. The number of carboxylic acid groups (broad SMARTS) is 1. The van der Waals surface area contributed by atoms with Crippen LogP contribution in [0.3, 0.4) is 0 Å². The summed E-state index contributed by atoms with van der Waals surface area (Å²) in [5.74, 6) is -1.03. The van der Waals surface area contributed by atoms with Crippen molar-refractivity contribution in [1.29, 1.82) is 0 Å². The molecule has 1 heterocycles. The summed E-state index contributed by atoms with van der Waals surface area (Å²) in [4.78, 5) is 26.0. The summed E-state index contributed by atoms with van der Waals surface area (Å²) in [6, 6.07) is 0.0267. The molecular formula is C11H20N2O3. The molecule has 1 saturated heterocycles. The van der Waals surface area contributed by atoms with E-state index < -0.39 is 5.97 Å². The molecule has 0 radical (unpaired) electrons. The number of hydrogen-bond donors (Lipinski definition) is 1. The lowest BCUT2D eigenvalue weighted by Gasteiger charge is -2.43. The zero-order valence-electron chi connectivity index (χ0n) is 10.1. The molecule has 0 aromatic heterocycles. The molecule has 92 valence electrons. The van der Waals surface area contributed by atoms with E-state index in [4.69, 9.17) is 5.11 Å². The topological polar surface area (TPSA) is 60.9 Å². The maximum absolute atomic E-state index is 11.8. The van der Waals surface area contributed by atoms with E-state index in [-0.39, 0.29) is 17.9 Å². The highest BCUT2D eigenvalue weighted by Crippen LogP contribution is 2.24. The highest BCUT2D eigenvalue weighted by atomic mass is 16.4. The van der Waals surface area contributed by atoms with Crippen molar-refractivity contribution < 1.29 is 14.7 Å². The number of rotatable bonds is 4. The van der Waals surface area contributed by atoms with Crippen molar-refractivity contribution in [2.75, 3.05) is 26.2 Å². The Morgan fingerprint density at radius 1 is 1.38 bits per heavy atom. The Morgan fingerprint density at radius 3 is 2.25 bits per heavy atom. The molecule has 0 aromatic rings. The summed E-state index contributed by atoms with van der Waals surface area (Å²) in [6.07, 6.45) is 0. The van der Waals surface area contributed by atoms with Gasteiger partial charge in [0.2, 0.25) is 0 Å². The van der Waals surface area contributed by atoms with Crippen molar-refractivity contribution >= 4 is 12.0 Å². The third kappa shape index (κ3) is 2.46. The van der Waals surface area contributed by atoms with Crippen molar-refractivity contribution in [3.05, 3.63) is 0 Å². The molecule has 0 aliphatic carbocycles. The van der Waals surface area contributed by atoms with Crippen LogP contribution < -0.4 is 0 Å². The first-order chi connectivity index (χ1) is 7.51. The first kappa shape index (κ1) is 12.8. The van der Waals surface area contributed by atoms with E-state index in [0.29, 0.717) is 26.2 Å². The fraction of sp³-hybridized carbons (Fsp3) is 0.818. The van der Waals surface area contributed by atoms with Crippen molar-refractivity contribution in [3.63, 3.8) is 0 Å². The molecule has 1 fully saturated rings. The SMILES string of the molecule is CCN(CC)C(=O)N1CC(C(C)C(=O)O)C1. The average Bonchev–Trinajstić information content (AvgIpc) is 2.17. The summed E-state index contributed by atoms with van der Waals surface area (Å²) in [5, 5.41) is 8.83. The monoisotopic (exact) mass is 228 g/mol. The van der Waals surface area contributed by atoms with Gasteiger partial charge < -0.3 is 14.9 Å². The van der Waals surface area contributed by atoms with Gasteiger partial charge in [-0.2, -0.15) is 0 Å². The van der Waals surface area contributed by atoms with Crippen LogP contribution in [0.2, 0.25) is 0 Å². The molecular weight excluding hydrogens is 208 g/mol. The number of likely N-dealkylation sites (tertiary alicyclic amines) is 1. The summed E-state index contributed by atoms with van der Waals surface area (Å²) >= 11 is 0. The highest BCUT2D eigenvalue weighted by Gasteiger charge is 2.38. The van der Waals surface area contributed by atoms with Crippen LogP contribution in [0.1, 0.15) is 20.8 Å². The molecule has 1 rings (SSSR count). The molecule has 1 aliphatic heterocycles. The first-order valence-electron chi connectivity index (χ1n) is 5.77. The average molecular weight is 228 g/mol. The van der Waals surface area contributed by atoms with E-state index in [1.165, 1.54) is 0 Å². The van der Waals surface area contributed by atoms with Gasteiger partial charge in [0.1, 0.15) is 0 Å². The van der Waals surface area contributed by atoms with Gasteiger partial charge in [-0.1, -0.05) is 6.92 Å². The third-order valence-corrected chi connectivity index (χ3v) is 3.31. The minimum absolute atomic E-state index is 0.0267. The van der Waals surface area contributed by atoms with Gasteiger partial charge in [-0.25, -0.2) is 4.79 Å². The summed E-state index contributed by atoms with van der Waals surface area (Å²) in [5.41, 5.74) is 0. The fourth-order valence-electron chi connectivity index (χ4n) is 1.88. The Balaban J connectivity index is 2.41. The predicted octanol–water partition coefficient (Wildman–Crippen LogP) is 1.10. The van der Waals surface area contributed by atoms with Crippen LogP contribution in [-0.4, -0.2) is 53.1 Å². The van der Waals surface area contributed by atoms with Gasteiger partial charge in [0, 0.05) is 32.1 Å². The maximum atomic E-state index is 11.8. The lowest BCUT2D eigenvalue weighted by Crippen LogP contribution is -2.57. The van der Waals surface area contributed by atoms with Crippen LogP contribution in [0.15, 0.2) is 0 Å². The van der Waals surface area contributed by atoms with Gasteiger partial charge in [-0.15, -0.1) is 0 Å². The molecule has 1 aliphatic rings. The van der Waals surface area contributed by atoms with Crippen molar-refractivity contribution in [2.24, 2.45) is 11.8 Å². The summed E-state index contributed by atoms with van der Waals surface area (Å²) < 4.78 is 0. The van der Waals surface area contributed by atoms with Crippen molar-refractivity contribution in [3.8, 4) is 0 Å². The molecule has 0 bridgehead atoms. The Labute approximate surface area is 96.0 Å². The zero-order chi connectivity index (χ0) is 12.3. The zero-order valence-corrected chi connectivity index (χ0v) is 10.1. The smallest absolute Gasteiger partial charge is 0.320 e. The number of carboxylic acids is 1. The number of hydrogen-bond acceptors (Lipinski definition) is 2. The Hall–Kier alpha value is -1.26. The normalized spacial score (nSPS) is 17.8. The van der Waals surface area contributed by atoms with Crippen LogP contribution in [0.4, 0.5) is 4.79 Å². The van der Waals surface area contributed by atoms with E-state index in [1.807, 2.05) is 13.8 Å². The van der Waals surface area contributed by atoms with E-state index in [1.54, 1.807) is 16.7 Å². The number of urea groups is 1. The summed E-state index contributed by atoms with van der Waals surface area (Å²) in [6.45, 7) is 8.13. The van der Waals surface area contributed by atoms with E-state index in [2.05, 4.69) is 0 Å². The quantitative estimate of drug-likeness (QED) is 0.783. The van der Waals surface area contributed by atoms with Gasteiger partial charge in [-0.05, 0) is 13.8 Å². The number of carbonyl (C=O) groups is 2. The van der Waals surface area contributed by atoms with Gasteiger partial charge >= 0.3 is 12.0 Å². The van der Waals surface area contributed by atoms with Crippen LogP contribution in [0.5, 0.6) is 0 Å². The maximum Gasteiger partial charge on any atom is 0.320 e. The van der Waals surface area contributed by atoms with Crippen molar-refractivity contribution in [1.82, 2.24) is 9.80 Å². The Bertz CT molecular complexity index is 270. The fourth-order valence-corrected chi connectivity index (χ4v) is 1.88. The molecule has 5 heteroatoms. The van der Waals surface area contributed by atoms with Crippen molar-refractivity contribution in [2.45, 2.75) is 20.8 Å². The summed E-state index contributed by atoms with van der Waals surface area (Å²) in [7, 11) is 0. The molecule has 1 unspecified atom stereocenters. The largest absolute Gasteiger partial charge is 0.481 e. The van der Waals surface area contributed by atoms with Gasteiger partial charge in [0.05, 0.1) is 5.92 Å². The lowest BCUT2D eigenvalue weighted by molar-refractivity contribution is -0.144. The predicted molar refractivity (Wildman–Crippen MR) is 60.2 cm³/mol. The van der Waals surface area contributed by atoms with E-state index in [9.17, 15) is 9.59 Å². The molecule has 1 atom stereocenters. The molecule has 16 heavy (non-hydrogen) atoms. The highest BCUT2D eigenvalue weighted by molar-refractivity contribution is 5.76. The second-order valence-electron chi connectivity index (χ2n) is 4.25. The number of nitrogens with zero attached hydrogens (tertiary/aromatic N) is 2. The van der Waals surface area contributed by atoms with Crippen LogP contribution in [0, 0.1) is 11.8 Å². The Morgan fingerprint density at radius 2 is 1.88 bits per heavy atom. The number of carbonyl (C=O) groups excluding carboxylic acids is 1. The standard InChI is InChI=1S/C11H20N2O3/c1-4-12(5-2)11(16)13-6-9(7-13)8(3)10(14)15/h8-9H,4-7H2,1-3H3,(H,14,15). The molecule has 0 saturated carbocycles. The second-order valence-corrected chi connectivity index (χ2v) is 4.25. The number of aliphatic carboxylic acids is 1. The molecule has 0 spiro atoms. The molecule has 5 nitrogen and oxygen atoms in total. The first-order valence-corrected chi connectivity index (χ1v) is 5.77. The minimum atomic E-state index is -0.778.